The standard InChI is InChI=1S/C17H24N2OS/c1-11(2)10-18-17(20)13(4)19-12(3)16-9-14-7-5-6-8-15(14)21-16/h5-9,11-13,19H,10H2,1-4H3,(H,18,20). The highest BCUT2D eigenvalue weighted by Gasteiger charge is 2.17. The summed E-state index contributed by atoms with van der Waals surface area (Å²) in [7, 11) is 0. The van der Waals surface area contributed by atoms with Crippen LogP contribution in [0.2, 0.25) is 0 Å². The molecule has 1 aromatic carbocycles. The van der Waals surface area contributed by atoms with Gasteiger partial charge in [-0.1, -0.05) is 32.0 Å². The Morgan fingerprint density at radius 2 is 1.90 bits per heavy atom. The van der Waals surface area contributed by atoms with E-state index in [0.717, 1.165) is 6.54 Å². The van der Waals surface area contributed by atoms with Gasteiger partial charge < -0.3 is 5.32 Å². The molecule has 0 spiro atoms. The second-order valence-electron chi connectivity index (χ2n) is 5.94. The highest BCUT2D eigenvalue weighted by Crippen LogP contribution is 2.29. The summed E-state index contributed by atoms with van der Waals surface area (Å²) in [5, 5.41) is 7.61. The molecule has 2 N–H and O–H groups in total. The van der Waals surface area contributed by atoms with E-state index in [2.05, 4.69) is 61.7 Å². The Balaban J connectivity index is 1.96. The first-order valence-corrected chi connectivity index (χ1v) is 8.31. The number of fused-ring (bicyclic) bond motifs is 1. The predicted molar refractivity (Wildman–Crippen MR) is 90.7 cm³/mol. The van der Waals surface area contributed by atoms with Crippen LogP contribution in [0.1, 0.15) is 38.6 Å². The van der Waals surface area contributed by atoms with E-state index in [9.17, 15) is 4.79 Å². The number of thiophene rings is 1. The van der Waals surface area contributed by atoms with Gasteiger partial charge in [0, 0.05) is 22.2 Å². The van der Waals surface area contributed by atoms with Crippen molar-refractivity contribution >= 4 is 27.3 Å². The largest absolute Gasteiger partial charge is 0.354 e. The van der Waals surface area contributed by atoms with Crippen LogP contribution in [0.4, 0.5) is 0 Å². The van der Waals surface area contributed by atoms with Crippen LogP contribution >= 0.6 is 11.3 Å². The summed E-state index contributed by atoms with van der Waals surface area (Å²) in [6, 6.07) is 10.6. The second-order valence-corrected chi connectivity index (χ2v) is 7.05. The molecule has 0 bridgehead atoms. The summed E-state index contributed by atoms with van der Waals surface area (Å²) in [6.07, 6.45) is 0. The maximum absolute atomic E-state index is 12.0. The van der Waals surface area contributed by atoms with Crippen molar-refractivity contribution in [2.45, 2.75) is 39.8 Å². The Labute approximate surface area is 130 Å². The lowest BCUT2D eigenvalue weighted by Gasteiger charge is -2.19. The summed E-state index contributed by atoms with van der Waals surface area (Å²) in [6.45, 7) is 8.94. The molecule has 4 heteroatoms. The van der Waals surface area contributed by atoms with E-state index in [4.69, 9.17) is 0 Å². The van der Waals surface area contributed by atoms with Crippen molar-refractivity contribution in [1.29, 1.82) is 0 Å². The molecule has 0 aliphatic rings. The van der Waals surface area contributed by atoms with Crippen molar-refractivity contribution in [2.75, 3.05) is 6.54 Å². The van der Waals surface area contributed by atoms with Crippen molar-refractivity contribution in [2.24, 2.45) is 5.92 Å². The Morgan fingerprint density at radius 1 is 1.19 bits per heavy atom. The van der Waals surface area contributed by atoms with Gasteiger partial charge in [-0.3, -0.25) is 10.1 Å². The lowest BCUT2D eigenvalue weighted by Crippen LogP contribution is -2.44. The first-order valence-electron chi connectivity index (χ1n) is 7.49. The van der Waals surface area contributed by atoms with Crippen LogP contribution in [-0.2, 0) is 4.79 Å². The molecule has 0 saturated carbocycles. The summed E-state index contributed by atoms with van der Waals surface area (Å²) in [5.74, 6) is 0.540. The Bertz CT molecular complexity index is 573. The molecule has 2 unspecified atom stereocenters. The molecule has 2 aromatic rings. The molecule has 3 nitrogen and oxygen atoms in total. The molecule has 0 aliphatic heterocycles. The number of hydrogen-bond acceptors (Lipinski definition) is 3. The van der Waals surface area contributed by atoms with Crippen molar-refractivity contribution in [3.63, 3.8) is 0 Å². The third-order valence-corrected chi connectivity index (χ3v) is 4.75. The summed E-state index contributed by atoms with van der Waals surface area (Å²) >= 11 is 1.78. The number of carbonyl (C=O) groups is 1. The topological polar surface area (TPSA) is 41.1 Å². The van der Waals surface area contributed by atoms with Crippen LogP contribution in [0.5, 0.6) is 0 Å². The fraction of sp³-hybridized carbons (Fsp3) is 0.471. The minimum atomic E-state index is -0.191. The lowest BCUT2D eigenvalue weighted by molar-refractivity contribution is -0.123. The third kappa shape index (κ3) is 4.29. The molecule has 2 rings (SSSR count). The van der Waals surface area contributed by atoms with Crippen LogP contribution in [0, 0.1) is 5.92 Å². The molecule has 1 heterocycles. The minimum Gasteiger partial charge on any atom is -0.354 e. The molecule has 2 atom stereocenters. The van der Waals surface area contributed by atoms with Gasteiger partial charge in [0.1, 0.15) is 0 Å². The average molecular weight is 304 g/mol. The van der Waals surface area contributed by atoms with Crippen molar-refractivity contribution in [1.82, 2.24) is 10.6 Å². The van der Waals surface area contributed by atoms with Gasteiger partial charge in [-0.05, 0) is 37.3 Å². The number of nitrogens with one attached hydrogen (secondary N) is 2. The van der Waals surface area contributed by atoms with Gasteiger partial charge in [0.25, 0.3) is 0 Å². The molecule has 1 amide bonds. The molecule has 0 saturated heterocycles. The van der Waals surface area contributed by atoms with Gasteiger partial charge in [0.2, 0.25) is 5.91 Å². The monoisotopic (exact) mass is 304 g/mol. The number of carbonyl (C=O) groups excluding carboxylic acids is 1. The highest BCUT2D eigenvalue weighted by atomic mass is 32.1. The maximum Gasteiger partial charge on any atom is 0.236 e. The van der Waals surface area contributed by atoms with Crippen LogP contribution in [0.3, 0.4) is 0 Å². The van der Waals surface area contributed by atoms with E-state index in [0.29, 0.717) is 5.92 Å². The number of benzene rings is 1. The van der Waals surface area contributed by atoms with Crippen molar-refractivity contribution < 1.29 is 4.79 Å². The van der Waals surface area contributed by atoms with E-state index < -0.39 is 0 Å². The van der Waals surface area contributed by atoms with Gasteiger partial charge >= 0.3 is 0 Å². The Kier molecular flexibility index (Phi) is 5.37. The molecule has 0 aliphatic carbocycles. The smallest absolute Gasteiger partial charge is 0.236 e. The number of rotatable bonds is 6. The van der Waals surface area contributed by atoms with Crippen molar-refractivity contribution in [3.05, 3.63) is 35.2 Å². The molecular weight excluding hydrogens is 280 g/mol. The molecule has 114 valence electrons. The second kappa shape index (κ2) is 7.05. The van der Waals surface area contributed by atoms with Gasteiger partial charge in [0.15, 0.2) is 0 Å². The van der Waals surface area contributed by atoms with E-state index >= 15 is 0 Å². The van der Waals surface area contributed by atoms with Crippen LogP contribution in [-0.4, -0.2) is 18.5 Å². The summed E-state index contributed by atoms with van der Waals surface area (Å²) in [4.78, 5) is 13.3. The Morgan fingerprint density at radius 3 is 2.57 bits per heavy atom. The van der Waals surface area contributed by atoms with Crippen LogP contribution in [0.15, 0.2) is 30.3 Å². The fourth-order valence-electron chi connectivity index (χ4n) is 2.21. The van der Waals surface area contributed by atoms with Gasteiger partial charge in [-0.15, -0.1) is 11.3 Å². The predicted octanol–water partition coefficient (Wildman–Crippen LogP) is 3.71. The molecule has 0 radical (unpaired) electrons. The maximum atomic E-state index is 12.0. The molecular formula is C17H24N2OS. The summed E-state index contributed by atoms with van der Waals surface area (Å²) in [5.41, 5.74) is 0. The SMILES string of the molecule is CC(C)CNC(=O)C(C)NC(C)c1cc2ccccc2s1. The average Bonchev–Trinajstić information content (AvgIpc) is 2.88. The van der Waals surface area contributed by atoms with E-state index in [1.807, 2.05) is 6.92 Å². The highest BCUT2D eigenvalue weighted by molar-refractivity contribution is 7.19. The summed E-state index contributed by atoms with van der Waals surface area (Å²) < 4.78 is 1.29. The van der Waals surface area contributed by atoms with Gasteiger partial charge in [-0.25, -0.2) is 0 Å². The zero-order valence-corrected chi connectivity index (χ0v) is 14.0. The van der Waals surface area contributed by atoms with E-state index in [1.165, 1.54) is 15.0 Å². The number of hydrogen-bond donors (Lipinski definition) is 2. The van der Waals surface area contributed by atoms with E-state index in [-0.39, 0.29) is 18.0 Å². The molecule has 0 fully saturated rings. The lowest BCUT2D eigenvalue weighted by atomic mass is 10.2. The number of amides is 1. The van der Waals surface area contributed by atoms with Crippen molar-refractivity contribution in [3.8, 4) is 0 Å². The molecule has 1 aromatic heterocycles. The molecule has 21 heavy (non-hydrogen) atoms. The van der Waals surface area contributed by atoms with Gasteiger partial charge in [0.05, 0.1) is 6.04 Å². The quantitative estimate of drug-likeness (QED) is 0.854. The first-order chi connectivity index (χ1) is 9.97. The Hall–Kier alpha value is -1.39. The first kappa shape index (κ1) is 16.0. The van der Waals surface area contributed by atoms with Gasteiger partial charge in [-0.2, -0.15) is 0 Å². The third-order valence-electron chi connectivity index (χ3n) is 3.45. The fourth-order valence-corrected chi connectivity index (χ4v) is 3.28. The van der Waals surface area contributed by atoms with Crippen LogP contribution < -0.4 is 10.6 Å². The zero-order chi connectivity index (χ0) is 15.4. The zero-order valence-electron chi connectivity index (χ0n) is 13.1. The van der Waals surface area contributed by atoms with E-state index in [1.54, 1.807) is 11.3 Å². The normalized spacial score (nSPS) is 14.3. The minimum absolute atomic E-state index is 0.0664. The van der Waals surface area contributed by atoms with Crippen LogP contribution in [0.25, 0.3) is 10.1 Å².